The number of anilines is 2. The van der Waals surface area contributed by atoms with Crippen molar-refractivity contribution in [3.63, 3.8) is 0 Å². The van der Waals surface area contributed by atoms with Gasteiger partial charge < -0.3 is 10.0 Å². The molecule has 2 atom stereocenters. The maximum absolute atomic E-state index is 10.6. The van der Waals surface area contributed by atoms with Gasteiger partial charge in [-0.3, -0.25) is 0 Å². The van der Waals surface area contributed by atoms with E-state index in [0.717, 1.165) is 19.3 Å². The van der Waals surface area contributed by atoms with Gasteiger partial charge in [0, 0.05) is 11.4 Å². The second-order valence-electron chi connectivity index (χ2n) is 6.24. The van der Waals surface area contributed by atoms with E-state index < -0.39 is 0 Å². The monoisotopic (exact) mass is 291 g/mol. The average molecular weight is 291 g/mol. The van der Waals surface area contributed by atoms with Gasteiger partial charge in [0.25, 0.3) is 0 Å². The second kappa shape index (κ2) is 5.62. The molecule has 112 valence electrons. The third kappa shape index (κ3) is 2.24. The number of nitrogens with zero attached hydrogens (tertiary/aromatic N) is 1. The van der Waals surface area contributed by atoms with Gasteiger partial charge in [-0.05, 0) is 36.1 Å². The van der Waals surface area contributed by atoms with Crippen LogP contribution in [0.3, 0.4) is 0 Å². The summed E-state index contributed by atoms with van der Waals surface area (Å²) in [5, 5.41) is 10.6. The van der Waals surface area contributed by atoms with E-state index in [-0.39, 0.29) is 12.1 Å². The molecule has 2 aliphatic rings. The van der Waals surface area contributed by atoms with E-state index in [0.29, 0.717) is 0 Å². The molecule has 22 heavy (non-hydrogen) atoms. The Morgan fingerprint density at radius 3 is 1.91 bits per heavy atom. The SMILES string of the molecule is O[C@@H]1CCCC[C@H]1N1c2ccccc2C=Cc2ccccc21. The molecule has 1 saturated carbocycles. The third-order valence-corrected chi connectivity index (χ3v) is 4.86. The number of rotatable bonds is 1. The van der Waals surface area contributed by atoms with Gasteiger partial charge >= 0.3 is 0 Å². The molecule has 0 unspecified atom stereocenters. The molecule has 0 amide bonds. The molecular weight excluding hydrogens is 270 g/mol. The first-order chi connectivity index (χ1) is 10.8. The summed E-state index contributed by atoms with van der Waals surface area (Å²) >= 11 is 0. The van der Waals surface area contributed by atoms with E-state index >= 15 is 0 Å². The fourth-order valence-electron chi connectivity index (χ4n) is 3.76. The van der Waals surface area contributed by atoms with Gasteiger partial charge in [0.2, 0.25) is 0 Å². The minimum Gasteiger partial charge on any atom is -0.391 e. The van der Waals surface area contributed by atoms with Gasteiger partial charge in [-0.2, -0.15) is 0 Å². The molecule has 0 spiro atoms. The van der Waals surface area contributed by atoms with Crippen molar-refractivity contribution in [1.82, 2.24) is 0 Å². The fraction of sp³-hybridized carbons (Fsp3) is 0.300. The summed E-state index contributed by atoms with van der Waals surface area (Å²) in [4.78, 5) is 2.37. The van der Waals surface area contributed by atoms with Crippen LogP contribution in [0.15, 0.2) is 48.5 Å². The van der Waals surface area contributed by atoms with Gasteiger partial charge in [0.1, 0.15) is 0 Å². The van der Waals surface area contributed by atoms with Crippen LogP contribution in [0.2, 0.25) is 0 Å². The maximum Gasteiger partial charge on any atom is 0.0747 e. The zero-order valence-corrected chi connectivity index (χ0v) is 12.7. The largest absolute Gasteiger partial charge is 0.391 e. The van der Waals surface area contributed by atoms with Gasteiger partial charge in [-0.15, -0.1) is 0 Å². The average Bonchev–Trinajstić information content (AvgIpc) is 2.73. The molecule has 1 fully saturated rings. The van der Waals surface area contributed by atoms with Crippen molar-refractivity contribution in [2.45, 2.75) is 37.8 Å². The summed E-state index contributed by atoms with van der Waals surface area (Å²) in [6.07, 6.45) is 8.38. The van der Waals surface area contributed by atoms with Crippen molar-refractivity contribution in [3.05, 3.63) is 59.7 Å². The van der Waals surface area contributed by atoms with Crippen LogP contribution in [-0.4, -0.2) is 17.3 Å². The van der Waals surface area contributed by atoms with Gasteiger partial charge in [-0.1, -0.05) is 61.4 Å². The van der Waals surface area contributed by atoms with Crippen molar-refractivity contribution in [1.29, 1.82) is 0 Å². The van der Waals surface area contributed by atoms with E-state index in [1.165, 1.54) is 28.9 Å². The van der Waals surface area contributed by atoms with Crippen molar-refractivity contribution in [2.24, 2.45) is 0 Å². The standard InChI is InChI=1S/C20H21NO/c22-20-12-6-5-11-19(20)21-17-9-3-1-7-15(17)13-14-16-8-2-4-10-18(16)21/h1-4,7-10,13-14,19-20,22H,5-6,11-12H2/t19-,20-/m1/s1. The van der Waals surface area contributed by atoms with Crippen molar-refractivity contribution < 1.29 is 5.11 Å². The Hall–Kier alpha value is -2.06. The van der Waals surface area contributed by atoms with E-state index in [9.17, 15) is 5.11 Å². The highest BCUT2D eigenvalue weighted by Crippen LogP contribution is 2.40. The third-order valence-electron chi connectivity index (χ3n) is 4.86. The predicted molar refractivity (Wildman–Crippen MR) is 92.2 cm³/mol. The first-order valence-corrected chi connectivity index (χ1v) is 8.18. The van der Waals surface area contributed by atoms with Crippen LogP contribution < -0.4 is 4.90 Å². The predicted octanol–water partition coefficient (Wildman–Crippen LogP) is 4.61. The summed E-state index contributed by atoms with van der Waals surface area (Å²) in [7, 11) is 0. The molecule has 4 rings (SSSR count). The summed E-state index contributed by atoms with van der Waals surface area (Å²) < 4.78 is 0. The molecule has 1 aliphatic heterocycles. The Balaban J connectivity index is 1.90. The zero-order valence-electron chi connectivity index (χ0n) is 12.7. The van der Waals surface area contributed by atoms with Crippen molar-refractivity contribution in [2.75, 3.05) is 4.90 Å². The Labute approximate surface area is 131 Å². The molecule has 1 heterocycles. The van der Waals surface area contributed by atoms with Crippen LogP contribution in [0, 0.1) is 0 Å². The van der Waals surface area contributed by atoms with E-state index in [1.54, 1.807) is 0 Å². The number of benzene rings is 2. The van der Waals surface area contributed by atoms with Crippen LogP contribution in [0.1, 0.15) is 36.8 Å². The number of aliphatic hydroxyl groups is 1. The summed E-state index contributed by atoms with van der Waals surface area (Å²) in [6.45, 7) is 0. The Morgan fingerprint density at radius 1 is 0.773 bits per heavy atom. The number of para-hydroxylation sites is 2. The van der Waals surface area contributed by atoms with Crippen LogP contribution in [0.5, 0.6) is 0 Å². The molecule has 0 aromatic heterocycles. The number of hydrogen-bond acceptors (Lipinski definition) is 2. The minimum atomic E-state index is -0.257. The summed E-state index contributed by atoms with van der Waals surface area (Å²) in [6, 6.07) is 17.1. The topological polar surface area (TPSA) is 23.5 Å². The normalized spacial score (nSPS) is 23.6. The summed E-state index contributed by atoms with van der Waals surface area (Å²) in [5.74, 6) is 0. The molecule has 2 aromatic carbocycles. The number of hydrogen-bond donors (Lipinski definition) is 1. The molecule has 1 aliphatic carbocycles. The number of aliphatic hydroxyl groups excluding tert-OH is 1. The smallest absolute Gasteiger partial charge is 0.0747 e. The zero-order chi connectivity index (χ0) is 14.9. The van der Waals surface area contributed by atoms with Crippen molar-refractivity contribution in [3.8, 4) is 0 Å². The van der Waals surface area contributed by atoms with Crippen LogP contribution in [0.25, 0.3) is 12.2 Å². The highest BCUT2D eigenvalue weighted by Gasteiger charge is 2.32. The highest BCUT2D eigenvalue weighted by atomic mass is 16.3. The molecule has 0 saturated heterocycles. The Kier molecular flexibility index (Phi) is 3.47. The van der Waals surface area contributed by atoms with E-state index in [2.05, 4.69) is 65.6 Å². The Morgan fingerprint density at radius 2 is 1.32 bits per heavy atom. The van der Waals surface area contributed by atoms with E-state index in [4.69, 9.17) is 0 Å². The lowest BCUT2D eigenvalue weighted by atomic mass is 9.90. The fourth-order valence-corrected chi connectivity index (χ4v) is 3.76. The maximum atomic E-state index is 10.6. The second-order valence-corrected chi connectivity index (χ2v) is 6.24. The minimum absolute atomic E-state index is 0.163. The van der Waals surface area contributed by atoms with Crippen LogP contribution >= 0.6 is 0 Å². The lowest BCUT2D eigenvalue weighted by Crippen LogP contribution is -2.43. The first kappa shape index (κ1) is 13.6. The molecule has 0 radical (unpaired) electrons. The van der Waals surface area contributed by atoms with E-state index in [1.807, 2.05) is 0 Å². The van der Waals surface area contributed by atoms with Gasteiger partial charge in [-0.25, -0.2) is 0 Å². The molecule has 2 heteroatoms. The first-order valence-electron chi connectivity index (χ1n) is 8.18. The molecule has 1 N–H and O–H groups in total. The lowest BCUT2D eigenvalue weighted by molar-refractivity contribution is 0.108. The van der Waals surface area contributed by atoms with Gasteiger partial charge in [0.15, 0.2) is 0 Å². The quantitative estimate of drug-likeness (QED) is 0.829. The highest BCUT2D eigenvalue weighted by molar-refractivity contribution is 5.89. The summed E-state index contributed by atoms with van der Waals surface area (Å²) in [5.41, 5.74) is 4.84. The van der Waals surface area contributed by atoms with Crippen LogP contribution in [-0.2, 0) is 0 Å². The van der Waals surface area contributed by atoms with Crippen LogP contribution in [0.4, 0.5) is 11.4 Å². The van der Waals surface area contributed by atoms with Gasteiger partial charge in [0.05, 0.1) is 12.1 Å². The molecule has 0 bridgehead atoms. The van der Waals surface area contributed by atoms with Crippen molar-refractivity contribution >= 4 is 23.5 Å². The molecular formula is C20H21NO. The molecule has 2 nitrogen and oxygen atoms in total. The number of fused-ring (bicyclic) bond motifs is 2. The lowest BCUT2D eigenvalue weighted by Gasteiger charge is -2.40. The Bertz CT molecular complexity index is 657. The molecule has 2 aromatic rings.